The Bertz CT molecular complexity index is 744. The molecule has 1 aliphatic heterocycles. The number of amides is 1. The zero-order valence-electron chi connectivity index (χ0n) is 13.2. The Morgan fingerprint density at radius 3 is 2.52 bits per heavy atom. The molecule has 0 saturated carbocycles. The molecular weight excluding hydrogens is 366 g/mol. The van der Waals surface area contributed by atoms with E-state index in [1.807, 2.05) is 29.0 Å². The monoisotopic (exact) mass is 384 g/mol. The molecule has 0 spiro atoms. The minimum Gasteiger partial charge on any atom is -0.344 e. The lowest BCUT2D eigenvalue weighted by Gasteiger charge is -2.31. The van der Waals surface area contributed by atoms with Crippen molar-refractivity contribution in [3.63, 3.8) is 0 Å². The summed E-state index contributed by atoms with van der Waals surface area (Å²) in [6, 6.07) is 5.99. The Labute approximate surface area is 142 Å². The predicted molar refractivity (Wildman–Crippen MR) is 90.1 cm³/mol. The standard InChI is InChI=1S/C17H19BrF2N2O/c1-11(2)22-10-14(13-4-3-12(18)9-15(13)22)16(23)21-7-5-17(19,20)6-8-21/h3-4,9-11H,5-8H2,1-2H3. The Morgan fingerprint density at radius 1 is 1.26 bits per heavy atom. The predicted octanol–water partition coefficient (Wildman–Crippen LogP) is 4.86. The van der Waals surface area contributed by atoms with Gasteiger partial charge in [0.05, 0.1) is 11.1 Å². The van der Waals surface area contributed by atoms with Crippen molar-refractivity contribution >= 4 is 32.7 Å². The fraction of sp³-hybridized carbons (Fsp3) is 0.471. The number of carbonyl (C=O) groups is 1. The molecule has 0 aliphatic carbocycles. The van der Waals surface area contributed by atoms with Gasteiger partial charge in [-0.25, -0.2) is 8.78 Å². The third-order valence-corrected chi connectivity index (χ3v) is 4.86. The number of halogens is 3. The number of hydrogen-bond donors (Lipinski definition) is 0. The first-order valence-corrected chi connectivity index (χ1v) is 8.55. The van der Waals surface area contributed by atoms with Gasteiger partial charge in [-0.1, -0.05) is 22.0 Å². The molecule has 1 amide bonds. The molecule has 1 fully saturated rings. The van der Waals surface area contributed by atoms with Crippen LogP contribution < -0.4 is 0 Å². The Balaban J connectivity index is 1.98. The fourth-order valence-electron chi connectivity index (χ4n) is 3.03. The number of fused-ring (bicyclic) bond motifs is 1. The van der Waals surface area contributed by atoms with E-state index >= 15 is 0 Å². The lowest BCUT2D eigenvalue weighted by atomic mass is 10.1. The van der Waals surface area contributed by atoms with E-state index in [0.29, 0.717) is 5.56 Å². The Morgan fingerprint density at radius 2 is 1.91 bits per heavy atom. The number of nitrogens with zero attached hydrogens (tertiary/aromatic N) is 2. The van der Waals surface area contributed by atoms with Gasteiger partial charge in [0.15, 0.2) is 0 Å². The van der Waals surface area contributed by atoms with Crippen molar-refractivity contribution < 1.29 is 13.6 Å². The quantitative estimate of drug-likeness (QED) is 0.725. The van der Waals surface area contributed by atoms with Crippen LogP contribution in [0.3, 0.4) is 0 Å². The molecule has 124 valence electrons. The first kappa shape index (κ1) is 16.4. The normalized spacial score (nSPS) is 17.9. The van der Waals surface area contributed by atoms with Crippen molar-refractivity contribution in [1.29, 1.82) is 0 Å². The third kappa shape index (κ3) is 3.13. The van der Waals surface area contributed by atoms with E-state index in [-0.39, 0.29) is 37.9 Å². The molecule has 1 aliphatic rings. The maximum Gasteiger partial charge on any atom is 0.256 e. The highest BCUT2D eigenvalue weighted by Gasteiger charge is 2.36. The summed E-state index contributed by atoms with van der Waals surface area (Å²) >= 11 is 3.46. The third-order valence-electron chi connectivity index (χ3n) is 4.37. The maximum absolute atomic E-state index is 13.3. The zero-order chi connectivity index (χ0) is 16.8. The van der Waals surface area contributed by atoms with Crippen molar-refractivity contribution in [2.75, 3.05) is 13.1 Å². The molecule has 1 aromatic heterocycles. The van der Waals surface area contributed by atoms with Crippen LogP contribution in [0.1, 0.15) is 43.1 Å². The summed E-state index contributed by atoms with van der Waals surface area (Å²) in [5.74, 6) is -2.81. The van der Waals surface area contributed by atoms with Crippen molar-refractivity contribution in [3.8, 4) is 0 Å². The molecule has 0 N–H and O–H groups in total. The summed E-state index contributed by atoms with van der Waals surface area (Å²) < 4.78 is 29.6. The van der Waals surface area contributed by atoms with E-state index in [9.17, 15) is 13.6 Å². The average molecular weight is 385 g/mol. The highest BCUT2D eigenvalue weighted by atomic mass is 79.9. The molecule has 0 radical (unpaired) electrons. The summed E-state index contributed by atoms with van der Waals surface area (Å²) in [7, 11) is 0. The van der Waals surface area contributed by atoms with Crippen molar-refractivity contribution in [2.45, 2.75) is 38.7 Å². The molecule has 0 unspecified atom stereocenters. The van der Waals surface area contributed by atoms with Crippen LogP contribution in [0.15, 0.2) is 28.9 Å². The largest absolute Gasteiger partial charge is 0.344 e. The highest BCUT2D eigenvalue weighted by Crippen LogP contribution is 2.31. The number of carbonyl (C=O) groups excluding carboxylic acids is 1. The fourth-order valence-corrected chi connectivity index (χ4v) is 3.38. The maximum atomic E-state index is 13.3. The summed E-state index contributed by atoms with van der Waals surface area (Å²) in [4.78, 5) is 14.3. The Kier molecular flexibility index (Phi) is 4.21. The summed E-state index contributed by atoms with van der Waals surface area (Å²) in [6.07, 6.45) is 1.33. The molecule has 0 bridgehead atoms. The van der Waals surface area contributed by atoms with Crippen LogP contribution in [-0.4, -0.2) is 34.4 Å². The molecular formula is C17H19BrF2N2O. The van der Waals surface area contributed by atoms with Crippen LogP contribution in [0.5, 0.6) is 0 Å². The van der Waals surface area contributed by atoms with Gasteiger partial charge in [-0.2, -0.15) is 0 Å². The number of likely N-dealkylation sites (tertiary alicyclic amines) is 1. The average Bonchev–Trinajstić information content (AvgIpc) is 2.85. The Hall–Kier alpha value is -1.43. The van der Waals surface area contributed by atoms with Gasteiger partial charge in [-0.05, 0) is 26.0 Å². The summed E-state index contributed by atoms with van der Waals surface area (Å²) in [5, 5.41) is 0.865. The lowest BCUT2D eigenvalue weighted by Crippen LogP contribution is -2.42. The smallest absolute Gasteiger partial charge is 0.256 e. The first-order valence-electron chi connectivity index (χ1n) is 7.76. The topological polar surface area (TPSA) is 25.2 Å². The van der Waals surface area contributed by atoms with Crippen molar-refractivity contribution in [1.82, 2.24) is 9.47 Å². The SMILES string of the molecule is CC(C)n1cc(C(=O)N2CCC(F)(F)CC2)c2ccc(Br)cc21. The van der Waals surface area contributed by atoms with Crippen LogP contribution in [0, 0.1) is 0 Å². The van der Waals surface area contributed by atoms with Crippen LogP contribution in [0.25, 0.3) is 10.9 Å². The second-order valence-electron chi connectivity index (χ2n) is 6.35. The number of hydrogen-bond acceptors (Lipinski definition) is 1. The van der Waals surface area contributed by atoms with Gasteiger partial charge in [0.25, 0.3) is 11.8 Å². The molecule has 3 nitrogen and oxygen atoms in total. The van der Waals surface area contributed by atoms with Gasteiger partial charge in [0.1, 0.15) is 0 Å². The minimum absolute atomic E-state index is 0.108. The van der Waals surface area contributed by atoms with Gasteiger partial charge in [0, 0.05) is 48.0 Å². The van der Waals surface area contributed by atoms with E-state index in [4.69, 9.17) is 0 Å². The van der Waals surface area contributed by atoms with Gasteiger partial charge in [-0.15, -0.1) is 0 Å². The first-order chi connectivity index (χ1) is 10.8. The van der Waals surface area contributed by atoms with Crippen LogP contribution in [-0.2, 0) is 0 Å². The van der Waals surface area contributed by atoms with Gasteiger partial charge < -0.3 is 9.47 Å². The summed E-state index contributed by atoms with van der Waals surface area (Å²) in [6.45, 7) is 4.32. The van der Waals surface area contributed by atoms with Gasteiger partial charge in [0.2, 0.25) is 0 Å². The number of alkyl halides is 2. The van der Waals surface area contributed by atoms with Crippen LogP contribution in [0.4, 0.5) is 8.78 Å². The molecule has 6 heteroatoms. The zero-order valence-corrected chi connectivity index (χ0v) is 14.7. The number of aromatic nitrogens is 1. The van der Waals surface area contributed by atoms with E-state index < -0.39 is 5.92 Å². The van der Waals surface area contributed by atoms with Crippen molar-refractivity contribution in [2.24, 2.45) is 0 Å². The highest BCUT2D eigenvalue weighted by molar-refractivity contribution is 9.10. The lowest BCUT2D eigenvalue weighted by molar-refractivity contribution is -0.0493. The number of rotatable bonds is 2. The molecule has 2 heterocycles. The van der Waals surface area contributed by atoms with Crippen LogP contribution in [0.2, 0.25) is 0 Å². The minimum atomic E-state index is -2.65. The second kappa shape index (κ2) is 5.89. The van der Waals surface area contributed by atoms with Gasteiger partial charge >= 0.3 is 0 Å². The van der Waals surface area contributed by atoms with Crippen LogP contribution >= 0.6 is 15.9 Å². The molecule has 2 aromatic rings. The van der Waals surface area contributed by atoms with E-state index in [1.165, 1.54) is 0 Å². The second-order valence-corrected chi connectivity index (χ2v) is 7.27. The van der Waals surface area contributed by atoms with E-state index in [2.05, 4.69) is 29.8 Å². The number of piperidine rings is 1. The number of benzene rings is 1. The molecule has 23 heavy (non-hydrogen) atoms. The molecule has 0 atom stereocenters. The van der Waals surface area contributed by atoms with E-state index in [0.717, 1.165) is 15.4 Å². The molecule has 1 aromatic carbocycles. The molecule has 1 saturated heterocycles. The molecule has 3 rings (SSSR count). The summed E-state index contributed by atoms with van der Waals surface area (Å²) in [5.41, 5.74) is 1.56. The van der Waals surface area contributed by atoms with Gasteiger partial charge in [-0.3, -0.25) is 4.79 Å². The van der Waals surface area contributed by atoms with Crippen molar-refractivity contribution in [3.05, 3.63) is 34.4 Å². The van der Waals surface area contributed by atoms with E-state index in [1.54, 1.807) is 4.90 Å².